The van der Waals surface area contributed by atoms with Crippen molar-refractivity contribution in [2.45, 2.75) is 31.6 Å². The SMILES string of the molecule is O=C(N[C@H]1C[C@H](Oc2cccc(Cl)c2Cl)C1)c1ccc(CO)n2ccnc12. The average Bonchev–Trinajstić information content (AvgIpc) is 3.12. The number of aliphatic hydroxyl groups is 1. The number of nitrogens with one attached hydrogen (secondary N) is 1. The number of carbonyl (C=O) groups excluding carboxylic acids is 1. The van der Waals surface area contributed by atoms with Crippen LogP contribution in [0.1, 0.15) is 28.9 Å². The largest absolute Gasteiger partial charge is 0.489 e. The number of hydrogen-bond donors (Lipinski definition) is 2. The lowest BCUT2D eigenvalue weighted by Gasteiger charge is -2.36. The molecule has 1 saturated carbocycles. The van der Waals surface area contributed by atoms with Crippen LogP contribution in [0.25, 0.3) is 5.65 Å². The first-order valence-corrected chi connectivity index (χ1v) is 9.29. The molecule has 1 aliphatic carbocycles. The molecule has 1 aromatic carbocycles. The Kier molecular flexibility index (Phi) is 4.95. The Morgan fingerprint density at radius 1 is 1.30 bits per heavy atom. The number of halogens is 2. The van der Waals surface area contributed by atoms with Crippen LogP contribution < -0.4 is 10.1 Å². The van der Waals surface area contributed by atoms with Gasteiger partial charge in [0.1, 0.15) is 22.5 Å². The highest BCUT2D eigenvalue weighted by molar-refractivity contribution is 6.42. The number of rotatable bonds is 5. The summed E-state index contributed by atoms with van der Waals surface area (Å²) in [6, 6.07) is 8.69. The zero-order valence-corrected chi connectivity index (χ0v) is 15.7. The quantitative estimate of drug-likeness (QED) is 0.681. The van der Waals surface area contributed by atoms with E-state index >= 15 is 0 Å². The van der Waals surface area contributed by atoms with Gasteiger partial charge in [-0.05, 0) is 24.3 Å². The summed E-state index contributed by atoms with van der Waals surface area (Å²) in [7, 11) is 0. The molecule has 6 nitrogen and oxygen atoms in total. The van der Waals surface area contributed by atoms with Crippen molar-refractivity contribution in [1.29, 1.82) is 0 Å². The molecular formula is C19H17Cl2N3O3. The molecule has 4 rings (SSSR count). The second-order valence-corrected chi connectivity index (χ2v) is 7.24. The fourth-order valence-corrected chi connectivity index (χ4v) is 3.51. The molecule has 0 saturated heterocycles. The second kappa shape index (κ2) is 7.38. The molecule has 1 aliphatic rings. The summed E-state index contributed by atoms with van der Waals surface area (Å²) < 4.78 is 7.57. The molecule has 1 amide bonds. The number of imidazole rings is 1. The van der Waals surface area contributed by atoms with E-state index in [0.29, 0.717) is 45.5 Å². The third kappa shape index (κ3) is 3.48. The van der Waals surface area contributed by atoms with Crippen LogP contribution in [0, 0.1) is 0 Å². The molecule has 2 N–H and O–H groups in total. The summed E-state index contributed by atoms with van der Waals surface area (Å²) in [5.41, 5.74) is 1.67. The highest BCUT2D eigenvalue weighted by Gasteiger charge is 2.33. The number of fused-ring (bicyclic) bond motifs is 1. The van der Waals surface area contributed by atoms with Crippen molar-refractivity contribution in [3.05, 3.63) is 64.0 Å². The molecule has 3 aromatic rings. The lowest BCUT2D eigenvalue weighted by molar-refractivity contribution is 0.0702. The van der Waals surface area contributed by atoms with Crippen LogP contribution in [0.4, 0.5) is 0 Å². The first kappa shape index (κ1) is 18.1. The van der Waals surface area contributed by atoms with E-state index in [2.05, 4.69) is 10.3 Å². The van der Waals surface area contributed by atoms with Crippen LogP contribution in [-0.4, -0.2) is 32.5 Å². The standard InChI is InChI=1S/C19H17Cl2N3O3/c20-15-2-1-3-16(17(15)21)27-13-8-11(9-13)23-19(26)14-5-4-12(10-25)24-7-6-22-18(14)24/h1-7,11,13,25H,8-10H2,(H,23,26)/t11-,13-. The molecule has 1 fully saturated rings. The van der Waals surface area contributed by atoms with Crippen LogP contribution in [0.2, 0.25) is 10.0 Å². The monoisotopic (exact) mass is 405 g/mol. The Morgan fingerprint density at radius 3 is 2.89 bits per heavy atom. The van der Waals surface area contributed by atoms with Gasteiger partial charge in [0.2, 0.25) is 0 Å². The van der Waals surface area contributed by atoms with E-state index in [0.717, 1.165) is 0 Å². The third-order valence-corrected chi connectivity index (χ3v) is 5.48. The van der Waals surface area contributed by atoms with Gasteiger partial charge < -0.3 is 19.6 Å². The van der Waals surface area contributed by atoms with Gasteiger partial charge in [0, 0.05) is 37.0 Å². The van der Waals surface area contributed by atoms with Crippen molar-refractivity contribution in [3.8, 4) is 5.75 Å². The second-order valence-electron chi connectivity index (χ2n) is 6.45. The van der Waals surface area contributed by atoms with Crippen LogP contribution >= 0.6 is 23.2 Å². The number of aromatic nitrogens is 2. The summed E-state index contributed by atoms with van der Waals surface area (Å²) in [4.78, 5) is 16.8. The molecule has 140 valence electrons. The lowest BCUT2D eigenvalue weighted by atomic mass is 9.89. The molecule has 0 spiro atoms. The molecule has 27 heavy (non-hydrogen) atoms. The van der Waals surface area contributed by atoms with E-state index in [4.69, 9.17) is 27.9 Å². The summed E-state index contributed by atoms with van der Waals surface area (Å²) in [5.74, 6) is 0.359. The molecule has 0 bridgehead atoms. The predicted octanol–water partition coefficient (Wildman–Crippen LogP) is 3.47. The molecule has 8 heteroatoms. The number of carbonyl (C=O) groups is 1. The highest BCUT2D eigenvalue weighted by atomic mass is 35.5. The normalized spacial score (nSPS) is 18.9. The Balaban J connectivity index is 1.38. The zero-order chi connectivity index (χ0) is 19.0. The summed E-state index contributed by atoms with van der Waals surface area (Å²) in [6.45, 7) is -0.123. The number of benzene rings is 1. The Morgan fingerprint density at radius 2 is 2.11 bits per heavy atom. The van der Waals surface area contributed by atoms with Gasteiger partial charge in [0.15, 0.2) is 0 Å². The predicted molar refractivity (Wildman–Crippen MR) is 102 cm³/mol. The maximum absolute atomic E-state index is 12.6. The van der Waals surface area contributed by atoms with Crippen LogP contribution in [0.3, 0.4) is 0 Å². The van der Waals surface area contributed by atoms with Gasteiger partial charge in [-0.15, -0.1) is 0 Å². The zero-order valence-electron chi connectivity index (χ0n) is 14.2. The fourth-order valence-electron chi connectivity index (χ4n) is 3.17. The minimum Gasteiger partial charge on any atom is -0.489 e. The van der Waals surface area contributed by atoms with E-state index in [1.165, 1.54) is 0 Å². The maximum Gasteiger partial charge on any atom is 0.255 e. The lowest BCUT2D eigenvalue weighted by Crippen LogP contribution is -2.49. The van der Waals surface area contributed by atoms with E-state index in [1.54, 1.807) is 47.1 Å². The molecule has 0 radical (unpaired) electrons. The molecular weight excluding hydrogens is 389 g/mol. The van der Waals surface area contributed by atoms with Gasteiger partial charge in [-0.25, -0.2) is 4.98 Å². The van der Waals surface area contributed by atoms with E-state index < -0.39 is 0 Å². The number of amides is 1. The summed E-state index contributed by atoms with van der Waals surface area (Å²) >= 11 is 12.1. The molecule has 2 aromatic heterocycles. The van der Waals surface area contributed by atoms with Gasteiger partial charge in [-0.1, -0.05) is 29.3 Å². The summed E-state index contributed by atoms with van der Waals surface area (Å²) in [5, 5.41) is 13.2. The van der Waals surface area contributed by atoms with Crippen molar-refractivity contribution < 1.29 is 14.6 Å². The van der Waals surface area contributed by atoms with Crippen molar-refractivity contribution in [2.24, 2.45) is 0 Å². The Hall–Kier alpha value is -2.28. The number of aliphatic hydroxyl groups excluding tert-OH is 1. The Labute approximate surface area is 165 Å². The minimum absolute atomic E-state index is 0.0190. The summed E-state index contributed by atoms with van der Waals surface area (Å²) in [6.07, 6.45) is 4.68. The highest BCUT2D eigenvalue weighted by Crippen LogP contribution is 2.35. The number of nitrogens with zero attached hydrogens (tertiary/aromatic N) is 2. The van der Waals surface area contributed by atoms with Gasteiger partial charge in [0.05, 0.1) is 17.2 Å². The van der Waals surface area contributed by atoms with Crippen LogP contribution in [-0.2, 0) is 6.61 Å². The molecule has 0 atom stereocenters. The van der Waals surface area contributed by atoms with Gasteiger partial charge in [-0.2, -0.15) is 0 Å². The van der Waals surface area contributed by atoms with Gasteiger partial charge >= 0.3 is 0 Å². The topological polar surface area (TPSA) is 75.9 Å². The number of hydrogen-bond acceptors (Lipinski definition) is 4. The average molecular weight is 406 g/mol. The number of pyridine rings is 1. The minimum atomic E-state index is -0.195. The molecule has 0 aliphatic heterocycles. The molecule has 2 heterocycles. The van der Waals surface area contributed by atoms with E-state index in [-0.39, 0.29) is 24.7 Å². The van der Waals surface area contributed by atoms with E-state index in [1.807, 2.05) is 0 Å². The third-order valence-electron chi connectivity index (χ3n) is 4.68. The Bertz CT molecular complexity index is 999. The van der Waals surface area contributed by atoms with Crippen molar-refractivity contribution in [1.82, 2.24) is 14.7 Å². The van der Waals surface area contributed by atoms with E-state index in [9.17, 15) is 9.90 Å². The van der Waals surface area contributed by atoms with Crippen molar-refractivity contribution >= 4 is 34.8 Å². The first-order chi connectivity index (χ1) is 13.1. The first-order valence-electron chi connectivity index (χ1n) is 8.54. The molecule has 0 unspecified atom stereocenters. The number of ether oxygens (including phenoxy) is 1. The van der Waals surface area contributed by atoms with Crippen molar-refractivity contribution in [2.75, 3.05) is 0 Å². The van der Waals surface area contributed by atoms with Gasteiger partial charge in [0.25, 0.3) is 5.91 Å². The van der Waals surface area contributed by atoms with Crippen LogP contribution in [0.15, 0.2) is 42.7 Å². The maximum atomic E-state index is 12.6. The smallest absolute Gasteiger partial charge is 0.255 e. The van der Waals surface area contributed by atoms with Gasteiger partial charge in [-0.3, -0.25) is 4.79 Å². The fraction of sp³-hybridized carbons (Fsp3) is 0.263. The van der Waals surface area contributed by atoms with Crippen molar-refractivity contribution in [3.63, 3.8) is 0 Å². The van der Waals surface area contributed by atoms with Crippen LogP contribution in [0.5, 0.6) is 5.75 Å².